The number of rotatable bonds is 5. The van der Waals surface area contributed by atoms with Gasteiger partial charge in [-0.2, -0.15) is 5.10 Å². The van der Waals surface area contributed by atoms with Crippen LogP contribution in [-0.4, -0.2) is 38.1 Å². The summed E-state index contributed by atoms with van der Waals surface area (Å²) >= 11 is 0. The van der Waals surface area contributed by atoms with E-state index in [2.05, 4.69) is 15.5 Å². The minimum atomic E-state index is -1.21. The average Bonchev–Trinajstić information content (AvgIpc) is 2.66. The largest absolute Gasteiger partial charge is 0.480 e. The Morgan fingerprint density at radius 2 is 2.05 bits per heavy atom. The summed E-state index contributed by atoms with van der Waals surface area (Å²) in [6.07, 6.45) is 0. The Balaban J connectivity index is 3.02. The number of hydrogen-bond donors (Lipinski definition) is 3. The second kappa shape index (κ2) is 5.46. The van der Waals surface area contributed by atoms with Gasteiger partial charge in [-0.3, -0.25) is 20.0 Å². The second-order valence-electron chi connectivity index (χ2n) is 4.34. The van der Waals surface area contributed by atoms with Crippen LogP contribution in [0.2, 0.25) is 0 Å². The predicted octanol–water partition coefficient (Wildman–Crippen LogP) is 0.465. The van der Waals surface area contributed by atoms with Crippen molar-refractivity contribution in [2.24, 2.45) is 5.92 Å². The lowest BCUT2D eigenvalue weighted by atomic mass is 10.0. The minimum Gasteiger partial charge on any atom is -0.480 e. The number of H-pyrrole nitrogens is 1. The monoisotopic (exact) mass is 270 g/mol. The molecule has 0 saturated carbocycles. The highest BCUT2D eigenvalue weighted by Gasteiger charge is 2.31. The van der Waals surface area contributed by atoms with E-state index >= 15 is 0 Å². The van der Waals surface area contributed by atoms with Crippen LogP contribution in [0.3, 0.4) is 0 Å². The molecule has 1 amide bonds. The first-order chi connectivity index (χ1) is 8.75. The molecule has 1 rings (SSSR count). The maximum Gasteiger partial charge on any atom is 0.326 e. The number of aryl methyl sites for hydroxylation is 1. The Morgan fingerprint density at radius 1 is 1.47 bits per heavy atom. The topological polar surface area (TPSA) is 138 Å². The number of aromatic nitrogens is 2. The molecule has 1 aromatic rings. The van der Waals surface area contributed by atoms with Crippen LogP contribution in [0.5, 0.6) is 0 Å². The van der Waals surface area contributed by atoms with Gasteiger partial charge in [0.2, 0.25) is 5.69 Å². The van der Waals surface area contributed by atoms with E-state index in [1.165, 1.54) is 6.92 Å². The zero-order chi connectivity index (χ0) is 14.7. The fourth-order valence-electron chi connectivity index (χ4n) is 1.53. The van der Waals surface area contributed by atoms with E-state index in [1.54, 1.807) is 13.8 Å². The van der Waals surface area contributed by atoms with E-state index in [0.717, 1.165) is 0 Å². The van der Waals surface area contributed by atoms with E-state index in [0.29, 0.717) is 0 Å². The summed E-state index contributed by atoms with van der Waals surface area (Å²) in [6.45, 7) is 4.63. The zero-order valence-electron chi connectivity index (χ0n) is 10.6. The van der Waals surface area contributed by atoms with Gasteiger partial charge in [0.25, 0.3) is 5.91 Å². The van der Waals surface area contributed by atoms with E-state index in [-0.39, 0.29) is 11.6 Å². The second-order valence-corrected chi connectivity index (χ2v) is 4.34. The summed E-state index contributed by atoms with van der Waals surface area (Å²) in [4.78, 5) is 32.9. The molecule has 0 fully saturated rings. The van der Waals surface area contributed by atoms with Gasteiger partial charge in [-0.1, -0.05) is 13.8 Å². The van der Waals surface area contributed by atoms with Crippen LogP contribution >= 0.6 is 0 Å². The third kappa shape index (κ3) is 3.06. The van der Waals surface area contributed by atoms with Crippen LogP contribution < -0.4 is 5.32 Å². The number of carbonyl (C=O) groups excluding carboxylic acids is 1. The fraction of sp³-hybridized carbons (Fsp3) is 0.500. The highest BCUT2D eigenvalue weighted by Crippen LogP contribution is 2.20. The van der Waals surface area contributed by atoms with Crippen molar-refractivity contribution in [3.63, 3.8) is 0 Å². The summed E-state index contributed by atoms with van der Waals surface area (Å²) < 4.78 is 0. The first-order valence-corrected chi connectivity index (χ1v) is 5.48. The number of aliphatic carboxylic acids is 1. The number of carbonyl (C=O) groups is 2. The molecular formula is C10H14N4O5. The molecule has 1 aromatic heterocycles. The molecule has 0 spiro atoms. The molecule has 19 heavy (non-hydrogen) atoms. The molecule has 0 aliphatic heterocycles. The number of nitrogens with zero attached hydrogens (tertiary/aromatic N) is 2. The number of carboxylic acids is 1. The number of carboxylic acid groups (broad SMARTS) is 1. The van der Waals surface area contributed by atoms with Crippen molar-refractivity contribution in [3.05, 3.63) is 21.5 Å². The average molecular weight is 270 g/mol. The Bertz CT molecular complexity index is 522. The van der Waals surface area contributed by atoms with Crippen molar-refractivity contribution in [2.75, 3.05) is 0 Å². The van der Waals surface area contributed by atoms with Crippen molar-refractivity contribution in [3.8, 4) is 0 Å². The molecule has 0 radical (unpaired) electrons. The lowest BCUT2D eigenvalue weighted by Crippen LogP contribution is -2.44. The maximum absolute atomic E-state index is 11.8. The highest BCUT2D eigenvalue weighted by atomic mass is 16.6. The normalized spacial score (nSPS) is 12.2. The van der Waals surface area contributed by atoms with Gasteiger partial charge in [0.05, 0.1) is 4.92 Å². The molecule has 0 unspecified atom stereocenters. The van der Waals surface area contributed by atoms with Crippen LogP contribution in [-0.2, 0) is 4.79 Å². The van der Waals surface area contributed by atoms with E-state index in [9.17, 15) is 19.7 Å². The van der Waals surface area contributed by atoms with Crippen molar-refractivity contribution in [1.29, 1.82) is 0 Å². The van der Waals surface area contributed by atoms with Gasteiger partial charge in [-0.05, 0) is 12.8 Å². The molecule has 9 nitrogen and oxygen atoms in total. The van der Waals surface area contributed by atoms with Crippen molar-refractivity contribution in [2.45, 2.75) is 26.8 Å². The highest BCUT2D eigenvalue weighted by molar-refractivity contribution is 5.98. The van der Waals surface area contributed by atoms with E-state index in [1.807, 2.05) is 0 Å². The van der Waals surface area contributed by atoms with Crippen LogP contribution in [0.15, 0.2) is 0 Å². The van der Waals surface area contributed by atoms with Gasteiger partial charge in [-0.25, -0.2) is 4.79 Å². The van der Waals surface area contributed by atoms with Gasteiger partial charge in [-0.15, -0.1) is 0 Å². The Kier molecular flexibility index (Phi) is 4.20. The molecule has 1 atom stereocenters. The number of nitrogens with one attached hydrogen (secondary N) is 2. The van der Waals surface area contributed by atoms with E-state index in [4.69, 9.17) is 5.11 Å². The third-order valence-electron chi connectivity index (χ3n) is 2.53. The number of amides is 1. The van der Waals surface area contributed by atoms with Gasteiger partial charge in [0.1, 0.15) is 11.7 Å². The molecule has 9 heteroatoms. The van der Waals surface area contributed by atoms with Crippen LogP contribution in [0, 0.1) is 23.0 Å². The smallest absolute Gasteiger partial charge is 0.326 e. The lowest BCUT2D eigenvalue weighted by Gasteiger charge is -2.16. The van der Waals surface area contributed by atoms with Crippen LogP contribution in [0.4, 0.5) is 5.69 Å². The SMILES string of the molecule is Cc1[nH]nc(C(=O)N[C@H](C(=O)O)C(C)C)c1[N+](=O)[O-]. The molecule has 1 heterocycles. The maximum atomic E-state index is 11.8. The number of aromatic amines is 1. The molecule has 0 aliphatic rings. The van der Waals surface area contributed by atoms with Crippen molar-refractivity contribution in [1.82, 2.24) is 15.5 Å². The summed E-state index contributed by atoms with van der Waals surface area (Å²) in [5.74, 6) is -2.46. The van der Waals surface area contributed by atoms with E-state index < -0.39 is 34.2 Å². The molecular weight excluding hydrogens is 256 g/mol. The standard InChI is InChI=1S/C10H14N4O5/c1-4(2)6(10(16)17)11-9(15)7-8(14(18)19)5(3)12-13-7/h4,6H,1-3H3,(H,11,15)(H,12,13)(H,16,17)/t6-/m0/s1. The van der Waals surface area contributed by atoms with Crippen LogP contribution in [0.25, 0.3) is 0 Å². The Morgan fingerprint density at radius 3 is 2.47 bits per heavy atom. The third-order valence-corrected chi connectivity index (χ3v) is 2.53. The van der Waals surface area contributed by atoms with Crippen molar-refractivity contribution >= 4 is 17.6 Å². The summed E-state index contributed by atoms with van der Waals surface area (Å²) in [5.41, 5.74) is -0.744. The van der Waals surface area contributed by atoms with Gasteiger partial charge >= 0.3 is 11.7 Å². The molecule has 0 bridgehead atoms. The zero-order valence-corrected chi connectivity index (χ0v) is 10.6. The van der Waals surface area contributed by atoms with Gasteiger partial charge in [0.15, 0.2) is 0 Å². The predicted molar refractivity (Wildman–Crippen MR) is 63.7 cm³/mol. The van der Waals surface area contributed by atoms with Gasteiger partial charge in [0, 0.05) is 0 Å². The molecule has 3 N–H and O–H groups in total. The first kappa shape index (κ1) is 14.6. The van der Waals surface area contributed by atoms with Crippen molar-refractivity contribution < 1.29 is 19.6 Å². The summed E-state index contributed by atoms with van der Waals surface area (Å²) in [7, 11) is 0. The first-order valence-electron chi connectivity index (χ1n) is 5.48. The summed E-state index contributed by atoms with van der Waals surface area (Å²) in [5, 5.41) is 27.8. The molecule has 0 saturated heterocycles. The number of nitro groups is 1. The fourth-order valence-corrected chi connectivity index (χ4v) is 1.53. The molecule has 0 aromatic carbocycles. The van der Waals surface area contributed by atoms with Crippen LogP contribution in [0.1, 0.15) is 30.0 Å². The lowest BCUT2D eigenvalue weighted by molar-refractivity contribution is -0.385. The minimum absolute atomic E-state index is 0.131. The number of hydrogen-bond acceptors (Lipinski definition) is 5. The summed E-state index contributed by atoms with van der Waals surface area (Å²) in [6, 6.07) is -1.14. The Hall–Kier alpha value is -2.45. The molecule has 104 valence electrons. The Labute approximate surface area is 108 Å². The quantitative estimate of drug-likeness (QED) is 0.525. The molecule has 0 aliphatic carbocycles. The van der Waals surface area contributed by atoms with Gasteiger partial charge < -0.3 is 10.4 Å².